The Morgan fingerprint density at radius 2 is 2.14 bits per heavy atom. The van der Waals surface area contributed by atoms with Crippen LogP contribution in [0.1, 0.15) is 10.4 Å². The number of amides is 1. The van der Waals surface area contributed by atoms with E-state index in [1.54, 1.807) is 0 Å². The molecule has 1 amide bonds. The fourth-order valence-electron chi connectivity index (χ4n) is 0.755. The lowest BCUT2D eigenvalue weighted by Crippen LogP contribution is -2.37. The first-order valence-corrected chi connectivity index (χ1v) is 4.18. The zero-order valence-electron chi connectivity index (χ0n) is 6.60. The first-order valence-electron chi connectivity index (χ1n) is 3.39. The van der Waals surface area contributed by atoms with Gasteiger partial charge in [0.2, 0.25) is 0 Å². The van der Waals surface area contributed by atoms with Crippen LogP contribution in [0.3, 0.4) is 0 Å². The molecule has 1 heterocycles. The Hall–Kier alpha value is -1.11. The van der Waals surface area contributed by atoms with Crippen molar-refractivity contribution in [2.75, 3.05) is 0 Å². The molecule has 0 bridgehead atoms. The summed E-state index contributed by atoms with van der Waals surface area (Å²) in [4.78, 5) is 14.6. The number of nitrogens with zero attached hydrogens (tertiary/aromatic N) is 1. The van der Waals surface area contributed by atoms with Gasteiger partial charge in [-0.05, 0) is 22.0 Å². The van der Waals surface area contributed by atoms with Gasteiger partial charge in [-0.2, -0.15) is 13.2 Å². The van der Waals surface area contributed by atoms with E-state index < -0.39 is 12.2 Å². The van der Waals surface area contributed by atoms with Gasteiger partial charge in [0.25, 0.3) is 5.91 Å². The number of aromatic nitrogens is 1. The number of alkyl halides is 3. The van der Waals surface area contributed by atoms with Gasteiger partial charge in [-0.15, -0.1) is 0 Å². The molecule has 7 heteroatoms. The molecule has 1 aromatic rings. The average Bonchev–Trinajstić information content (AvgIpc) is 2.01. The van der Waals surface area contributed by atoms with Crippen molar-refractivity contribution < 1.29 is 18.0 Å². The first kappa shape index (κ1) is 11.0. The molecule has 0 aromatic carbocycles. The summed E-state index contributed by atoms with van der Waals surface area (Å²) < 4.78 is 35.5. The van der Waals surface area contributed by atoms with Crippen molar-refractivity contribution in [3.63, 3.8) is 0 Å². The van der Waals surface area contributed by atoms with E-state index in [-0.39, 0.29) is 10.0 Å². The maximum atomic E-state index is 11.8. The van der Waals surface area contributed by atoms with E-state index in [9.17, 15) is 18.0 Å². The molecular formula is C7H4BrF3N2O. The predicted molar refractivity (Wildman–Crippen MR) is 45.5 cm³/mol. The molecule has 0 atom stereocenters. The Balaban J connectivity index is 2.86. The Labute approximate surface area is 85.5 Å². The van der Waals surface area contributed by atoms with Gasteiger partial charge in [-0.25, -0.2) is 0 Å². The Morgan fingerprint density at radius 3 is 2.64 bits per heavy atom. The standard InChI is InChI=1S/C7H4BrF3N2O/c8-5-3-12-2-1-4(5)6(14)13-7(9,10)11/h1-3H,(H,13,14). The van der Waals surface area contributed by atoms with Crippen molar-refractivity contribution in [1.82, 2.24) is 10.3 Å². The Kier molecular flexibility index (Phi) is 3.10. The van der Waals surface area contributed by atoms with Crippen molar-refractivity contribution in [2.24, 2.45) is 0 Å². The zero-order valence-corrected chi connectivity index (χ0v) is 8.19. The molecule has 76 valence electrons. The fourth-order valence-corrected chi connectivity index (χ4v) is 1.19. The highest BCUT2D eigenvalue weighted by atomic mass is 79.9. The van der Waals surface area contributed by atoms with E-state index in [2.05, 4.69) is 20.9 Å². The highest BCUT2D eigenvalue weighted by Gasteiger charge is 2.30. The number of hydrogen-bond acceptors (Lipinski definition) is 2. The minimum atomic E-state index is -4.72. The molecular weight excluding hydrogens is 265 g/mol. The third kappa shape index (κ3) is 2.99. The van der Waals surface area contributed by atoms with Crippen LogP contribution in [0.2, 0.25) is 0 Å². The summed E-state index contributed by atoms with van der Waals surface area (Å²) >= 11 is 2.91. The molecule has 0 fully saturated rings. The van der Waals surface area contributed by atoms with Gasteiger partial charge in [0.15, 0.2) is 0 Å². The van der Waals surface area contributed by atoms with Crippen LogP contribution in [0.15, 0.2) is 22.9 Å². The summed E-state index contributed by atoms with van der Waals surface area (Å²) in [6.45, 7) is 0. The quantitative estimate of drug-likeness (QED) is 0.793. The summed E-state index contributed by atoms with van der Waals surface area (Å²) in [5.41, 5.74) is -0.114. The van der Waals surface area contributed by atoms with Crippen molar-refractivity contribution in [2.45, 2.75) is 6.30 Å². The van der Waals surface area contributed by atoms with Crippen LogP contribution < -0.4 is 5.32 Å². The maximum absolute atomic E-state index is 11.8. The number of carbonyl (C=O) groups is 1. The van der Waals surface area contributed by atoms with Crippen LogP contribution in [0, 0.1) is 0 Å². The lowest BCUT2D eigenvalue weighted by Gasteiger charge is -2.08. The van der Waals surface area contributed by atoms with Crippen LogP contribution in [0.5, 0.6) is 0 Å². The molecule has 0 spiro atoms. The Bertz CT molecular complexity index is 353. The minimum absolute atomic E-state index is 0.114. The average molecular weight is 269 g/mol. The number of pyridine rings is 1. The van der Waals surface area contributed by atoms with Crippen molar-refractivity contribution >= 4 is 21.8 Å². The summed E-state index contributed by atoms with van der Waals surface area (Å²) in [5.74, 6) is -1.22. The third-order valence-corrected chi connectivity index (χ3v) is 1.90. The molecule has 3 nitrogen and oxygen atoms in total. The molecule has 0 unspecified atom stereocenters. The normalized spacial score (nSPS) is 11.1. The maximum Gasteiger partial charge on any atom is 0.484 e. The fraction of sp³-hybridized carbons (Fsp3) is 0.143. The van der Waals surface area contributed by atoms with Gasteiger partial charge in [0.1, 0.15) is 0 Å². The largest absolute Gasteiger partial charge is 0.484 e. The van der Waals surface area contributed by atoms with Crippen LogP contribution in [0.4, 0.5) is 13.2 Å². The molecule has 0 aliphatic heterocycles. The molecule has 1 rings (SSSR count). The second-order valence-corrected chi connectivity index (χ2v) is 3.16. The summed E-state index contributed by atoms with van der Waals surface area (Å²) in [7, 11) is 0. The van der Waals surface area contributed by atoms with Crippen LogP contribution in [-0.2, 0) is 0 Å². The van der Waals surface area contributed by atoms with E-state index in [4.69, 9.17) is 0 Å². The predicted octanol–water partition coefficient (Wildman–Crippen LogP) is 2.09. The van der Waals surface area contributed by atoms with Crippen molar-refractivity contribution in [3.8, 4) is 0 Å². The number of carbonyl (C=O) groups excluding carboxylic acids is 1. The lowest BCUT2D eigenvalue weighted by atomic mass is 10.2. The van der Waals surface area contributed by atoms with Crippen molar-refractivity contribution in [1.29, 1.82) is 0 Å². The van der Waals surface area contributed by atoms with E-state index in [1.165, 1.54) is 18.5 Å². The topological polar surface area (TPSA) is 42.0 Å². The minimum Gasteiger partial charge on any atom is -0.269 e. The number of halogens is 4. The number of nitrogens with one attached hydrogen (secondary N) is 1. The van der Waals surface area contributed by atoms with E-state index in [0.29, 0.717) is 0 Å². The van der Waals surface area contributed by atoms with E-state index >= 15 is 0 Å². The van der Waals surface area contributed by atoms with Gasteiger partial charge in [0, 0.05) is 16.9 Å². The highest BCUT2D eigenvalue weighted by molar-refractivity contribution is 9.10. The summed E-state index contributed by atoms with van der Waals surface area (Å²) in [6.07, 6.45) is -2.25. The molecule has 0 radical (unpaired) electrons. The van der Waals surface area contributed by atoms with Crippen LogP contribution >= 0.6 is 15.9 Å². The van der Waals surface area contributed by atoms with Gasteiger partial charge in [-0.1, -0.05) is 0 Å². The van der Waals surface area contributed by atoms with Crippen LogP contribution in [-0.4, -0.2) is 17.2 Å². The molecule has 0 saturated heterocycles. The molecule has 1 N–H and O–H groups in total. The van der Waals surface area contributed by atoms with Crippen molar-refractivity contribution in [3.05, 3.63) is 28.5 Å². The molecule has 1 aromatic heterocycles. The smallest absolute Gasteiger partial charge is 0.269 e. The second kappa shape index (κ2) is 3.95. The van der Waals surface area contributed by atoms with Crippen LogP contribution in [0.25, 0.3) is 0 Å². The molecule has 14 heavy (non-hydrogen) atoms. The molecule has 0 aliphatic carbocycles. The highest BCUT2D eigenvalue weighted by Crippen LogP contribution is 2.17. The third-order valence-electron chi connectivity index (χ3n) is 1.27. The monoisotopic (exact) mass is 268 g/mol. The van der Waals surface area contributed by atoms with Gasteiger partial charge in [0.05, 0.1) is 5.56 Å². The molecule has 0 saturated carbocycles. The summed E-state index contributed by atoms with van der Waals surface area (Å²) in [6, 6.07) is 1.19. The van der Waals surface area contributed by atoms with Gasteiger partial charge >= 0.3 is 6.30 Å². The van der Waals surface area contributed by atoms with Gasteiger partial charge in [-0.3, -0.25) is 15.1 Å². The second-order valence-electron chi connectivity index (χ2n) is 2.31. The zero-order chi connectivity index (χ0) is 10.8. The Morgan fingerprint density at radius 1 is 1.50 bits per heavy atom. The lowest BCUT2D eigenvalue weighted by molar-refractivity contribution is -0.146. The first-order chi connectivity index (χ1) is 6.40. The van der Waals surface area contributed by atoms with E-state index in [1.807, 2.05) is 0 Å². The molecule has 0 aliphatic rings. The van der Waals surface area contributed by atoms with E-state index in [0.717, 1.165) is 5.32 Å². The summed E-state index contributed by atoms with van der Waals surface area (Å²) in [5, 5.41) is 0.880. The SMILES string of the molecule is O=C(NC(F)(F)F)c1ccncc1Br. The van der Waals surface area contributed by atoms with Gasteiger partial charge < -0.3 is 0 Å². The number of rotatable bonds is 1. The number of hydrogen-bond donors (Lipinski definition) is 1.